The number of carbonyl (C=O) groups excluding carboxylic acids is 2. The van der Waals surface area contributed by atoms with Crippen LogP contribution in [-0.2, 0) is 27.2 Å². The number of carbonyl (C=O) groups is 3. The molecule has 2 heterocycles. The van der Waals surface area contributed by atoms with E-state index in [1.165, 1.54) is 23.2 Å². The molecule has 0 bridgehead atoms. The Kier molecular flexibility index (Phi) is 5.42. The number of aryl methyl sites for hydroxylation is 2. The average molecular weight is 375 g/mol. The Labute approximate surface area is 152 Å². The van der Waals surface area contributed by atoms with Crippen LogP contribution in [0.2, 0.25) is 0 Å². The second-order valence-electron chi connectivity index (χ2n) is 5.68. The summed E-state index contributed by atoms with van der Waals surface area (Å²) in [5, 5.41) is 12.4. The maximum Gasteiger partial charge on any atom is 0.328 e. The first-order valence-corrected chi connectivity index (χ1v) is 8.85. The predicted octanol–water partition coefficient (Wildman–Crippen LogP) is 0.770. The van der Waals surface area contributed by atoms with E-state index in [-0.39, 0.29) is 6.54 Å². The van der Waals surface area contributed by atoms with Gasteiger partial charge in [-0.25, -0.2) is 14.8 Å². The molecule has 1 aliphatic rings. The molecular formula is C16H17N5O4S. The van der Waals surface area contributed by atoms with Crippen LogP contribution in [0.4, 0.5) is 5.82 Å². The summed E-state index contributed by atoms with van der Waals surface area (Å²) in [5.41, 5.74) is 5.55. The number of carboxylic acid groups (broad SMARTS) is 1. The number of anilines is 1. The fourth-order valence-electron chi connectivity index (χ4n) is 2.75. The molecule has 2 amide bonds. The van der Waals surface area contributed by atoms with E-state index < -0.39 is 17.8 Å². The molecule has 0 aromatic carbocycles. The van der Waals surface area contributed by atoms with Gasteiger partial charge in [0, 0.05) is 17.0 Å². The zero-order chi connectivity index (χ0) is 18.5. The molecule has 1 aliphatic carbocycles. The largest absolute Gasteiger partial charge is 0.478 e. The molecule has 10 heteroatoms. The van der Waals surface area contributed by atoms with E-state index in [0.29, 0.717) is 11.9 Å². The van der Waals surface area contributed by atoms with Gasteiger partial charge >= 0.3 is 5.97 Å². The zero-order valence-corrected chi connectivity index (χ0v) is 14.6. The summed E-state index contributed by atoms with van der Waals surface area (Å²) in [7, 11) is 0. The standard InChI is InChI=1S/C16H17N5O4S/c22-11(5-6-13(24)25)20-21-12(23)7-17-15-14-9-3-1-2-4-10(9)26-16(14)19-8-18-15/h5-6,8H,1-4,7H2,(H,20,22)(H,21,23)(H,24,25)(H,17,18,19)/b6-5-. The number of hydrogen-bond donors (Lipinski definition) is 4. The van der Waals surface area contributed by atoms with Crippen molar-refractivity contribution in [2.24, 2.45) is 0 Å². The van der Waals surface area contributed by atoms with Gasteiger partial charge in [-0.15, -0.1) is 11.3 Å². The highest BCUT2D eigenvalue weighted by Crippen LogP contribution is 2.37. The lowest BCUT2D eigenvalue weighted by Crippen LogP contribution is -2.43. The van der Waals surface area contributed by atoms with Crippen molar-refractivity contribution in [3.05, 3.63) is 28.9 Å². The van der Waals surface area contributed by atoms with Gasteiger partial charge in [-0.05, 0) is 31.2 Å². The van der Waals surface area contributed by atoms with Gasteiger partial charge in [-0.2, -0.15) is 0 Å². The third-order valence-electron chi connectivity index (χ3n) is 3.87. The Bertz CT molecular complexity index is 892. The lowest BCUT2D eigenvalue weighted by molar-refractivity contribution is -0.131. The highest BCUT2D eigenvalue weighted by Gasteiger charge is 2.20. The lowest BCUT2D eigenvalue weighted by Gasteiger charge is -2.12. The smallest absolute Gasteiger partial charge is 0.328 e. The molecule has 0 fully saturated rings. The maximum atomic E-state index is 11.9. The quantitative estimate of drug-likeness (QED) is 0.448. The van der Waals surface area contributed by atoms with Crippen LogP contribution in [0.15, 0.2) is 18.5 Å². The minimum absolute atomic E-state index is 0.0976. The second-order valence-corrected chi connectivity index (χ2v) is 6.76. The number of hydrazine groups is 1. The fourth-order valence-corrected chi connectivity index (χ4v) is 3.98. The molecule has 0 atom stereocenters. The third-order valence-corrected chi connectivity index (χ3v) is 5.07. The number of aromatic nitrogens is 2. The highest BCUT2D eigenvalue weighted by atomic mass is 32.1. The van der Waals surface area contributed by atoms with E-state index in [1.807, 2.05) is 0 Å². The van der Waals surface area contributed by atoms with Crippen LogP contribution in [0.25, 0.3) is 10.2 Å². The molecule has 4 N–H and O–H groups in total. The highest BCUT2D eigenvalue weighted by molar-refractivity contribution is 7.19. The molecule has 0 radical (unpaired) electrons. The van der Waals surface area contributed by atoms with E-state index in [9.17, 15) is 14.4 Å². The number of nitrogens with one attached hydrogen (secondary N) is 3. The summed E-state index contributed by atoms with van der Waals surface area (Å²) in [4.78, 5) is 44.3. The topological polar surface area (TPSA) is 133 Å². The number of amides is 2. The number of fused-ring (bicyclic) bond motifs is 3. The van der Waals surface area contributed by atoms with Gasteiger partial charge < -0.3 is 10.4 Å². The minimum Gasteiger partial charge on any atom is -0.478 e. The lowest BCUT2D eigenvalue weighted by atomic mass is 9.97. The molecule has 0 aliphatic heterocycles. The van der Waals surface area contributed by atoms with Crippen molar-refractivity contribution < 1.29 is 19.5 Å². The Morgan fingerprint density at radius 2 is 1.96 bits per heavy atom. The van der Waals surface area contributed by atoms with Gasteiger partial charge in [0.2, 0.25) is 0 Å². The van der Waals surface area contributed by atoms with Crippen LogP contribution in [0.5, 0.6) is 0 Å². The first-order chi connectivity index (χ1) is 12.5. The summed E-state index contributed by atoms with van der Waals surface area (Å²) in [5.74, 6) is -1.88. The van der Waals surface area contributed by atoms with Crippen molar-refractivity contribution in [1.29, 1.82) is 0 Å². The summed E-state index contributed by atoms with van der Waals surface area (Å²) >= 11 is 1.67. The molecule has 0 unspecified atom stereocenters. The van der Waals surface area contributed by atoms with Gasteiger partial charge in [-0.3, -0.25) is 20.4 Å². The Morgan fingerprint density at radius 1 is 1.15 bits per heavy atom. The van der Waals surface area contributed by atoms with E-state index in [2.05, 4.69) is 26.1 Å². The number of rotatable bonds is 5. The van der Waals surface area contributed by atoms with Gasteiger partial charge in [0.15, 0.2) is 0 Å². The summed E-state index contributed by atoms with van der Waals surface area (Å²) in [6.07, 6.45) is 7.28. The first-order valence-electron chi connectivity index (χ1n) is 8.03. The third kappa shape index (κ3) is 4.14. The van der Waals surface area contributed by atoms with E-state index in [4.69, 9.17) is 5.11 Å². The first kappa shape index (κ1) is 17.8. The Hall–Kier alpha value is -3.01. The van der Waals surface area contributed by atoms with Gasteiger partial charge in [-0.1, -0.05) is 0 Å². The van der Waals surface area contributed by atoms with E-state index >= 15 is 0 Å². The van der Waals surface area contributed by atoms with Crippen molar-refractivity contribution >= 4 is 45.2 Å². The summed E-state index contributed by atoms with van der Waals surface area (Å²) < 4.78 is 0. The second kappa shape index (κ2) is 7.91. The van der Waals surface area contributed by atoms with Crippen molar-refractivity contribution in [2.45, 2.75) is 25.7 Å². The number of hydrogen-bond acceptors (Lipinski definition) is 7. The SMILES string of the molecule is O=C(O)/C=C\C(=O)NNC(=O)CNc1ncnc2sc3c(c12)CCCC3. The van der Waals surface area contributed by atoms with Crippen LogP contribution in [0, 0.1) is 0 Å². The van der Waals surface area contributed by atoms with E-state index in [1.54, 1.807) is 11.3 Å². The van der Waals surface area contributed by atoms with Gasteiger partial charge in [0.1, 0.15) is 17.0 Å². The summed E-state index contributed by atoms with van der Waals surface area (Å²) in [6, 6.07) is 0. The molecule has 3 rings (SSSR count). The molecule has 26 heavy (non-hydrogen) atoms. The molecule has 136 valence electrons. The maximum absolute atomic E-state index is 11.9. The van der Waals surface area contributed by atoms with Crippen LogP contribution in [0.3, 0.4) is 0 Å². The van der Waals surface area contributed by atoms with Crippen molar-refractivity contribution in [3.8, 4) is 0 Å². The van der Waals surface area contributed by atoms with Crippen LogP contribution >= 0.6 is 11.3 Å². The molecule has 0 spiro atoms. The Morgan fingerprint density at radius 3 is 2.77 bits per heavy atom. The van der Waals surface area contributed by atoms with E-state index in [0.717, 1.165) is 35.6 Å². The molecule has 9 nitrogen and oxygen atoms in total. The zero-order valence-electron chi connectivity index (χ0n) is 13.7. The van der Waals surface area contributed by atoms with Crippen molar-refractivity contribution in [2.75, 3.05) is 11.9 Å². The molecule has 2 aromatic rings. The molecule has 0 saturated carbocycles. The summed E-state index contributed by atoms with van der Waals surface area (Å²) in [6.45, 7) is -0.0976. The number of thiophene rings is 1. The van der Waals surface area contributed by atoms with Crippen molar-refractivity contribution in [1.82, 2.24) is 20.8 Å². The minimum atomic E-state index is -1.25. The van der Waals surface area contributed by atoms with Crippen LogP contribution in [0.1, 0.15) is 23.3 Å². The average Bonchev–Trinajstić information content (AvgIpc) is 3.02. The van der Waals surface area contributed by atoms with Crippen LogP contribution in [-0.4, -0.2) is 39.4 Å². The molecular weight excluding hydrogens is 358 g/mol. The Balaban J connectivity index is 1.61. The van der Waals surface area contributed by atoms with Gasteiger partial charge in [0.05, 0.1) is 11.9 Å². The molecule has 2 aromatic heterocycles. The number of carboxylic acids is 1. The fraction of sp³-hybridized carbons (Fsp3) is 0.312. The van der Waals surface area contributed by atoms with Gasteiger partial charge in [0.25, 0.3) is 11.8 Å². The number of aliphatic carboxylic acids is 1. The normalized spacial score (nSPS) is 13.4. The predicted molar refractivity (Wildman–Crippen MR) is 95.6 cm³/mol. The van der Waals surface area contributed by atoms with Crippen molar-refractivity contribution in [3.63, 3.8) is 0 Å². The monoisotopic (exact) mass is 375 g/mol. The number of nitrogens with zero attached hydrogens (tertiary/aromatic N) is 2. The van der Waals surface area contributed by atoms with Crippen LogP contribution < -0.4 is 16.2 Å². The molecule has 0 saturated heterocycles.